The largest absolute Gasteiger partial charge is 0.459 e. The number of hydrogen-bond donors (Lipinski definition) is 1. The molecule has 0 bridgehead atoms. The lowest BCUT2D eigenvalue weighted by atomic mass is 10.1. The zero-order valence-corrected chi connectivity index (χ0v) is 16.4. The molecule has 1 N–H and O–H groups in total. The molecule has 0 unspecified atom stereocenters. The Morgan fingerprint density at radius 3 is 3.00 bits per heavy atom. The van der Waals surface area contributed by atoms with Crippen molar-refractivity contribution in [1.82, 2.24) is 15.1 Å². The highest BCUT2D eigenvalue weighted by atomic mass is 19.1. The van der Waals surface area contributed by atoms with Crippen molar-refractivity contribution in [2.24, 2.45) is 13.0 Å². The van der Waals surface area contributed by atoms with E-state index in [1.54, 1.807) is 12.1 Å². The van der Waals surface area contributed by atoms with Gasteiger partial charge in [-0.05, 0) is 61.1 Å². The summed E-state index contributed by atoms with van der Waals surface area (Å²) in [4.78, 5) is 12.5. The molecule has 29 heavy (non-hydrogen) atoms. The Hall–Kier alpha value is -3.15. The van der Waals surface area contributed by atoms with Crippen molar-refractivity contribution >= 4 is 27.8 Å². The summed E-state index contributed by atoms with van der Waals surface area (Å²) < 4.78 is 21.0. The third-order valence-corrected chi connectivity index (χ3v) is 5.87. The molecule has 1 saturated carbocycles. The van der Waals surface area contributed by atoms with E-state index in [4.69, 9.17) is 4.42 Å². The van der Waals surface area contributed by atoms with Gasteiger partial charge in [-0.15, -0.1) is 0 Å². The average molecular weight is 391 g/mol. The van der Waals surface area contributed by atoms with Gasteiger partial charge in [-0.2, -0.15) is 5.10 Å². The standard InChI is InChI=1S/C23H22FN3O2/c1-13(22-10-17-7-18(24)5-6-21(17)29-22)26-23(28)11-16-8-19(16)14-3-4-15-12-25-27(2)20(15)9-14/h3-7,9-10,12-13,16,19H,8,11H2,1-2H3,(H,26,28)/t13-,16+,19-/m1/s1. The van der Waals surface area contributed by atoms with Crippen LogP contribution < -0.4 is 5.32 Å². The molecule has 1 aliphatic rings. The van der Waals surface area contributed by atoms with E-state index >= 15 is 0 Å². The summed E-state index contributed by atoms with van der Waals surface area (Å²) >= 11 is 0. The first-order valence-corrected chi connectivity index (χ1v) is 9.88. The number of nitrogens with zero attached hydrogens (tertiary/aromatic N) is 2. The number of rotatable bonds is 5. The lowest BCUT2D eigenvalue weighted by Gasteiger charge is -2.11. The Bertz CT molecular complexity index is 1230. The van der Waals surface area contributed by atoms with E-state index in [1.807, 2.05) is 24.9 Å². The number of carbonyl (C=O) groups excluding carboxylic acids is 1. The van der Waals surface area contributed by atoms with Crippen molar-refractivity contribution in [2.75, 3.05) is 0 Å². The molecule has 0 radical (unpaired) electrons. The van der Waals surface area contributed by atoms with Crippen molar-refractivity contribution in [2.45, 2.75) is 31.7 Å². The lowest BCUT2D eigenvalue weighted by molar-refractivity contribution is -0.122. The molecule has 0 spiro atoms. The van der Waals surface area contributed by atoms with Gasteiger partial charge in [-0.25, -0.2) is 4.39 Å². The van der Waals surface area contributed by atoms with Gasteiger partial charge in [0.25, 0.3) is 0 Å². The molecule has 2 aromatic carbocycles. The van der Waals surface area contributed by atoms with E-state index in [1.165, 1.54) is 17.7 Å². The van der Waals surface area contributed by atoms with Gasteiger partial charge >= 0.3 is 0 Å². The molecule has 0 saturated heterocycles. The lowest BCUT2D eigenvalue weighted by Crippen LogP contribution is -2.26. The van der Waals surface area contributed by atoms with Crippen LogP contribution in [-0.4, -0.2) is 15.7 Å². The van der Waals surface area contributed by atoms with Gasteiger partial charge in [0.2, 0.25) is 5.91 Å². The van der Waals surface area contributed by atoms with Crippen molar-refractivity contribution in [3.05, 3.63) is 65.8 Å². The number of fused-ring (bicyclic) bond motifs is 2. The summed E-state index contributed by atoms with van der Waals surface area (Å²) in [7, 11) is 1.94. The maximum Gasteiger partial charge on any atom is 0.220 e. The van der Waals surface area contributed by atoms with E-state index in [0.29, 0.717) is 35.0 Å². The Balaban J connectivity index is 1.22. The van der Waals surface area contributed by atoms with Crippen LogP contribution in [0.4, 0.5) is 4.39 Å². The zero-order chi connectivity index (χ0) is 20.1. The van der Waals surface area contributed by atoms with Gasteiger partial charge in [-0.1, -0.05) is 12.1 Å². The minimum Gasteiger partial charge on any atom is -0.459 e. The first kappa shape index (κ1) is 17.9. The highest BCUT2D eigenvalue weighted by molar-refractivity contribution is 5.81. The average Bonchev–Trinajstić information content (AvgIpc) is 3.16. The summed E-state index contributed by atoms with van der Waals surface area (Å²) in [5.74, 6) is 1.12. The third-order valence-electron chi connectivity index (χ3n) is 5.87. The molecule has 6 heteroatoms. The minimum atomic E-state index is -0.300. The Morgan fingerprint density at radius 1 is 1.28 bits per heavy atom. The van der Waals surface area contributed by atoms with Crippen molar-refractivity contribution in [3.63, 3.8) is 0 Å². The summed E-state index contributed by atoms with van der Waals surface area (Å²) in [5, 5.41) is 9.13. The molecule has 5 rings (SSSR count). The number of halogens is 1. The normalized spacial score (nSPS) is 19.6. The van der Waals surface area contributed by atoms with Gasteiger partial charge in [0.1, 0.15) is 17.2 Å². The maximum absolute atomic E-state index is 13.4. The fraction of sp³-hybridized carbons (Fsp3) is 0.304. The number of carbonyl (C=O) groups is 1. The summed E-state index contributed by atoms with van der Waals surface area (Å²) in [6.45, 7) is 1.88. The monoisotopic (exact) mass is 391 g/mol. The van der Waals surface area contributed by atoms with Gasteiger partial charge < -0.3 is 9.73 Å². The fourth-order valence-electron chi connectivity index (χ4n) is 4.13. The number of aromatic nitrogens is 2. The van der Waals surface area contributed by atoms with Crippen LogP contribution in [0.15, 0.2) is 53.1 Å². The minimum absolute atomic E-state index is 0.0123. The smallest absolute Gasteiger partial charge is 0.220 e. The number of amides is 1. The number of hydrogen-bond acceptors (Lipinski definition) is 3. The molecular weight excluding hydrogens is 369 g/mol. The summed E-state index contributed by atoms with van der Waals surface area (Å²) in [6, 6.07) is 12.4. The van der Waals surface area contributed by atoms with Crippen LogP contribution in [0.3, 0.4) is 0 Å². The predicted octanol–water partition coefficient (Wildman–Crippen LogP) is 4.83. The van der Waals surface area contributed by atoms with E-state index in [0.717, 1.165) is 17.3 Å². The van der Waals surface area contributed by atoms with Crippen LogP contribution in [0.2, 0.25) is 0 Å². The second kappa shape index (κ2) is 6.72. The third kappa shape index (κ3) is 3.39. The van der Waals surface area contributed by atoms with E-state index < -0.39 is 0 Å². The first-order valence-electron chi connectivity index (χ1n) is 9.88. The van der Waals surface area contributed by atoms with Crippen molar-refractivity contribution in [1.29, 1.82) is 0 Å². The van der Waals surface area contributed by atoms with Gasteiger partial charge in [0.05, 0.1) is 17.8 Å². The highest BCUT2D eigenvalue weighted by Gasteiger charge is 2.39. The molecule has 1 fully saturated rings. The van der Waals surface area contributed by atoms with E-state index in [2.05, 4.69) is 28.6 Å². The van der Waals surface area contributed by atoms with Crippen LogP contribution in [0, 0.1) is 11.7 Å². The fourth-order valence-corrected chi connectivity index (χ4v) is 4.13. The van der Waals surface area contributed by atoms with Crippen LogP contribution in [0.25, 0.3) is 21.9 Å². The zero-order valence-electron chi connectivity index (χ0n) is 16.4. The van der Waals surface area contributed by atoms with E-state index in [-0.39, 0.29) is 17.8 Å². The van der Waals surface area contributed by atoms with Crippen LogP contribution in [0.1, 0.15) is 43.0 Å². The molecule has 0 aliphatic heterocycles. The number of nitrogens with one attached hydrogen (secondary N) is 1. The van der Waals surface area contributed by atoms with Crippen LogP contribution >= 0.6 is 0 Å². The van der Waals surface area contributed by atoms with Gasteiger partial charge in [0, 0.05) is 24.2 Å². The SMILES string of the molecule is C[C@@H](NC(=O)C[C@@H]1C[C@@H]1c1ccc2cnn(C)c2c1)c1cc2cc(F)ccc2o1. The van der Waals surface area contributed by atoms with Crippen molar-refractivity contribution < 1.29 is 13.6 Å². The molecule has 1 aliphatic carbocycles. The second-order valence-corrected chi connectivity index (χ2v) is 8.01. The van der Waals surface area contributed by atoms with Gasteiger partial charge in [0.15, 0.2) is 0 Å². The molecule has 3 atom stereocenters. The predicted molar refractivity (Wildman–Crippen MR) is 109 cm³/mol. The second-order valence-electron chi connectivity index (χ2n) is 8.01. The summed E-state index contributed by atoms with van der Waals surface area (Å²) in [6.07, 6.45) is 3.38. The molecule has 1 amide bonds. The Morgan fingerprint density at radius 2 is 2.14 bits per heavy atom. The number of benzene rings is 2. The quantitative estimate of drug-likeness (QED) is 0.530. The Labute approximate surface area is 167 Å². The molecular formula is C23H22FN3O2. The molecule has 5 nitrogen and oxygen atoms in total. The number of furan rings is 1. The molecule has 4 aromatic rings. The topological polar surface area (TPSA) is 60.1 Å². The van der Waals surface area contributed by atoms with Crippen LogP contribution in [0.5, 0.6) is 0 Å². The maximum atomic E-state index is 13.4. The number of aryl methyl sites for hydroxylation is 1. The van der Waals surface area contributed by atoms with Crippen LogP contribution in [-0.2, 0) is 11.8 Å². The van der Waals surface area contributed by atoms with Crippen molar-refractivity contribution in [3.8, 4) is 0 Å². The highest BCUT2D eigenvalue weighted by Crippen LogP contribution is 2.50. The summed E-state index contributed by atoms with van der Waals surface area (Å²) in [5.41, 5.74) is 3.01. The first-order chi connectivity index (χ1) is 14.0. The van der Waals surface area contributed by atoms with Gasteiger partial charge in [-0.3, -0.25) is 9.48 Å². The van der Waals surface area contributed by atoms with E-state index in [9.17, 15) is 9.18 Å². The molecule has 2 heterocycles. The molecule has 2 aromatic heterocycles. The molecule has 148 valence electrons. The Kier molecular flexibility index (Phi) is 4.15.